The molecule has 1 unspecified atom stereocenters. The van der Waals surface area contributed by atoms with Crippen molar-refractivity contribution in [1.29, 1.82) is 0 Å². The van der Waals surface area contributed by atoms with Crippen LogP contribution in [0.15, 0.2) is 18.2 Å². The molecule has 0 saturated carbocycles. The minimum atomic E-state index is -0.965. The maximum absolute atomic E-state index is 13.6. The van der Waals surface area contributed by atoms with E-state index in [0.717, 1.165) is 19.0 Å². The molecule has 0 aliphatic rings. The SMILES string of the molecule is CCCCCN(CCC(O)c1cccc(F)c1F)C(C)C. The Bertz CT molecular complexity index is 423. The molecule has 1 aromatic rings. The first kappa shape index (κ1) is 18.1. The Morgan fingerprint density at radius 1 is 1.14 bits per heavy atom. The monoisotopic (exact) mass is 299 g/mol. The highest BCUT2D eigenvalue weighted by Gasteiger charge is 2.17. The third kappa shape index (κ3) is 5.71. The molecule has 1 aromatic carbocycles. The zero-order valence-corrected chi connectivity index (χ0v) is 13.3. The van der Waals surface area contributed by atoms with Gasteiger partial charge in [-0.3, -0.25) is 0 Å². The normalized spacial score (nSPS) is 13.1. The number of hydrogen-bond donors (Lipinski definition) is 1. The standard InChI is InChI=1S/C17H27F2NO/c1-4-5-6-11-20(13(2)3)12-10-16(21)14-8-7-9-15(18)17(14)19/h7-9,13,16,21H,4-6,10-12H2,1-3H3. The number of nitrogens with zero attached hydrogens (tertiary/aromatic N) is 1. The Kier molecular flexibility index (Phi) is 7.83. The van der Waals surface area contributed by atoms with Crippen LogP contribution in [0.4, 0.5) is 8.78 Å². The van der Waals surface area contributed by atoms with E-state index in [-0.39, 0.29) is 5.56 Å². The van der Waals surface area contributed by atoms with E-state index in [0.29, 0.717) is 19.0 Å². The molecule has 0 radical (unpaired) electrons. The fraction of sp³-hybridized carbons (Fsp3) is 0.647. The van der Waals surface area contributed by atoms with Gasteiger partial charge >= 0.3 is 0 Å². The van der Waals surface area contributed by atoms with Crippen molar-refractivity contribution in [3.05, 3.63) is 35.4 Å². The molecule has 120 valence electrons. The molecule has 0 saturated heterocycles. The number of hydrogen-bond acceptors (Lipinski definition) is 2. The average Bonchev–Trinajstić information content (AvgIpc) is 2.44. The molecule has 0 spiro atoms. The van der Waals surface area contributed by atoms with Crippen molar-refractivity contribution in [2.45, 2.75) is 58.6 Å². The number of unbranched alkanes of at least 4 members (excludes halogenated alkanes) is 2. The molecular formula is C17H27F2NO. The van der Waals surface area contributed by atoms with E-state index in [2.05, 4.69) is 25.7 Å². The van der Waals surface area contributed by atoms with E-state index in [9.17, 15) is 13.9 Å². The summed E-state index contributed by atoms with van der Waals surface area (Å²) in [5.74, 6) is -1.85. The topological polar surface area (TPSA) is 23.5 Å². The third-order valence-corrected chi connectivity index (χ3v) is 3.81. The van der Waals surface area contributed by atoms with E-state index in [1.807, 2.05) is 0 Å². The van der Waals surface area contributed by atoms with Crippen LogP contribution in [0.1, 0.15) is 58.1 Å². The predicted molar refractivity (Wildman–Crippen MR) is 82.2 cm³/mol. The van der Waals surface area contributed by atoms with Crippen molar-refractivity contribution >= 4 is 0 Å². The second kappa shape index (κ2) is 9.11. The second-order valence-electron chi connectivity index (χ2n) is 5.78. The van der Waals surface area contributed by atoms with Gasteiger partial charge in [0.05, 0.1) is 6.10 Å². The van der Waals surface area contributed by atoms with Crippen LogP contribution >= 0.6 is 0 Å². The van der Waals surface area contributed by atoms with Gasteiger partial charge in [0.25, 0.3) is 0 Å². The summed E-state index contributed by atoms with van der Waals surface area (Å²) in [6, 6.07) is 4.32. The van der Waals surface area contributed by atoms with Crippen molar-refractivity contribution in [2.75, 3.05) is 13.1 Å². The van der Waals surface area contributed by atoms with E-state index in [1.54, 1.807) is 0 Å². The summed E-state index contributed by atoms with van der Waals surface area (Å²) in [6.45, 7) is 8.04. The molecule has 0 heterocycles. The van der Waals surface area contributed by atoms with Crippen molar-refractivity contribution in [1.82, 2.24) is 4.90 Å². The van der Waals surface area contributed by atoms with Gasteiger partial charge < -0.3 is 10.0 Å². The Balaban J connectivity index is 2.56. The molecule has 1 atom stereocenters. The lowest BCUT2D eigenvalue weighted by Gasteiger charge is -2.27. The van der Waals surface area contributed by atoms with Gasteiger partial charge in [-0.05, 0) is 39.3 Å². The quantitative estimate of drug-likeness (QED) is 0.688. The summed E-state index contributed by atoms with van der Waals surface area (Å²) >= 11 is 0. The van der Waals surface area contributed by atoms with Crippen LogP contribution in [0.25, 0.3) is 0 Å². The fourth-order valence-corrected chi connectivity index (χ4v) is 2.41. The zero-order chi connectivity index (χ0) is 15.8. The summed E-state index contributed by atoms with van der Waals surface area (Å²) < 4.78 is 26.8. The van der Waals surface area contributed by atoms with Gasteiger partial charge in [-0.2, -0.15) is 0 Å². The summed E-state index contributed by atoms with van der Waals surface area (Å²) in [7, 11) is 0. The van der Waals surface area contributed by atoms with Gasteiger partial charge in [0, 0.05) is 18.2 Å². The van der Waals surface area contributed by atoms with Crippen LogP contribution in [0.3, 0.4) is 0 Å². The number of aliphatic hydroxyl groups excluding tert-OH is 1. The molecule has 0 fully saturated rings. The lowest BCUT2D eigenvalue weighted by atomic mass is 10.0. The minimum Gasteiger partial charge on any atom is -0.388 e. The Hall–Kier alpha value is -1.00. The maximum Gasteiger partial charge on any atom is 0.164 e. The van der Waals surface area contributed by atoms with Crippen LogP contribution in [0, 0.1) is 11.6 Å². The van der Waals surface area contributed by atoms with Gasteiger partial charge in [0.2, 0.25) is 0 Å². The van der Waals surface area contributed by atoms with Gasteiger partial charge in [-0.25, -0.2) is 8.78 Å². The molecule has 21 heavy (non-hydrogen) atoms. The van der Waals surface area contributed by atoms with Crippen LogP contribution in [0.2, 0.25) is 0 Å². The first-order valence-corrected chi connectivity index (χ1v) is 7.83. The van der Waals surface area contributed by atoms with Gasteiger partial charge in [0.15, 0.2) is 11.6 Å². The number of benzene rings is 1. The van der Waals surface area contributed by atoms with Crippen LogP contribution in [-0.2, 0) is 0 Å². The molecule has 0 amide bonds. The fourth-order valence-electron chi connectivity index (χ4n) is 2.41. The predicted octanol–water partition coefficient (Wildman–Crippen LogP) is 4.29. The number of aliphatic hydroxyl groups is 1. The van der Waals surface area contributed by atoms with Crippen LogP contribution < -0.4 is 0 Å². The van der Waals surface area contributed by atoms with E-state index in [1.165, 1.54) is 25.0 Å². The molecule has 0 bridgehead atoms. The van der Waals surface area contributed by atoms with Crippen molar-refractivity contribution in [2.24, 2.45) is 0 Å². The Morgan fingerprint density at radius 2 is 1.86 bits per heavy atom. The molecule has 1 N–H and O–H groups in total. The number of halogens is 2. The summed E-state index contributed by atoms with van der Waals surface area (Å²) in [6.07, 6.45) is 2.92. The Morgan fingerprint density at radius 3 is 2.48 bits per heavy atom. The van der Waals surface area contributed by atoms with Gasteiger partial charge in [-0.15, -0.1) is 0 Å². The average molecular weight is 299 g/mol. The molecular weight excluding hydrogens is 272 g/mol. The Labute approximate surface area is 126 Å². The smallest absolute Gasteiger partial charge is 0.164 e. The molecule has 0 aromatic heterocycles. The van der Waals surface area contributed by atoms with Crippen LogP contribution in [-0.4, -0.2) is 29.1 Å². The lowest BCUT2D eigenvalue weighted by molar-refractivity contribution is 0.125. The molecule has 0 aliphatic heterocycles. The van der Waals surface area contributed by atoms with Gasteiger partial charge in [-0.1, -0.05) is 31.9 Å². The minimum absolute atomic E-state index is 0.0484. The highest BCUT2D eigenvalue weighted by molar-refractivity contribution is 5.21. The van der Waals surface area contributed by atoms with E-state index >= 15 is 0 Å². The molecule has 0 aliphatic carbocycles. The number of rotatable bonds is 9. The summed E-state index contributed by atoms with van der Waals surface area (Å²) in [4.78, 5) is 2.27. The summed E-state index contributed by atoms with van der Waals surface area (Å²) in [5.41, 5.74) is 0.0484. The van der Waals surface area contributed by atoms with Gasteiger partial charge in [0.1, 0.15) is 0 Å². The second-order valence-corrected chi connectivity index (χ2v) is 5.78. The van der Waals surface area contributed by atoms with Crippen molar-refractivity contribution in [3.63, 3.8) is 0 Å². The van der Waals surface area contributed by atoms with E-state index < -0.39 is 17.7 Å². The van der Waals surface area contributed by atoms with E-state index in [4.69, 9.17) is 0 Å². The highest BCUT2D eigenvalue weighted by atomic mass is 19.2. The zero-order valence-electron chi connectivity index (χ0n) is 13.3. The molecule has 4 heteroatoms. The van der Waals surface area contributed by atoms with Crippen molar-refractivity contribution < 1.29 is 13.9 Å². The summed E-state index contributed by atoms with van der Waals surface area (Å²) in [5, 5.41) is 10.1. The lowest BCUT2D eigenvalue weighted by Crippen LogP contribution is -2.33. The highest BCUT2D eigenvalue weighted by Crippen LogP contribution is 2.22. The first-order valence-electron chi connectivity index (χ1n) is 7.83. The van der Waals surface area contributed by atoms with Crippen molar-refractivity contribution in [3.8, 4) is 0 Å². The third-order valence-electron chi connectivity index (χ3n) is 3.81. The molecule has 2 nitrogen and oxygen atoms in total. The van der Waals surface area contributed by atoms with Crippen LogP contribution in [0.5, 0.6) is 0 Å². The first-order chi connectivity index (χ1) is 9.97. The maximum atomic E-state index is 13.6. The largest absolute Gasteiger partial charge is 0.388 e. The molecule has 1 rings (SSSR count).